The molecule has 1 aliphatic heterocycles. The fraction of sp³-hybridized carbons (Fsp3) is 0.333. The van der Waals surface area contributed by atoms with Gasteiger partial charge in [-0.25, -0.2) is 4.39 Å². The number of hydrogen-bond donors (Lipinski definition) is 1. The minimum atomic E-state index is -0.336. The lowest BCUT2D eigenvalue weighted by Gasteiger charge is -2.23. The maximum atomic E-state index is 13.4. The minimum Gasteiger partial charge on any atom is -0.375 e. The molecule has 2 rings (SSSR count). The Morgan fingerprint density at radius 2 is 2.31 bits per heavy atom. The molecule has 0 aromatic heterocycles. The molecule has 1 aromatic rings. The fourth-order valence-corrected chi connectivity index (χ4v) is 2.03. The van der Waals surface area contributed by atoms with Crippen LogP contribution in [0.25, 0.3) is 0 Å². The van der Waals surface area contributed by atoms with Gasteiger partial charge in [-0.1, -0.05) is 15.9 Å². The van der Waals surface area contributed by atoms with Gasteiger partial charge in [-0.05, 0) is 17.7 Å². The smallest absolute Gasteiger partial charge is 0.129 e. The Bertz CT molecular complexity index is 343. The number of fused-ring (bicyclic) bond motifs is 1. The molecule has 0 bridgehead atoms. The molecule has 0 unspecified atom stereocenters. The highest BCUT2D eigenvalue weighted by Gasteiger charge is 2.21. The molecule has 13 heavy (non-hydrogen) atoms. The van der Waals surface area contributed by atoms with Crippen molar-refractivity contribution in [3.05, 3.63) is 33.5 Å². The zero-order valence-electron chi connectivity index (χ0n) is 6.89. The fourth-order valence-electron chi connectivity index (χ4n) is 1.55. The van der Waals surface area contributed by atoms with Gasteiger partial charge in [-0.2, -0.15) is 0 Å². The molecule has 0 fully saturated rings. The Morgan fingerprint density at radius 3 is 3.08 bits per heavy atom. The molecule has 0 radical (unpaired) electrons. The van der Waals surface area contributed by atoms with Crippen LogP contribution in [0.4, 0.5) is 4.39 Å². The monoisotopic (exact) mass is 245 g/mol. The molecule has 0 amide bonds. The summed E-state index contributed by atoms with van der Waals surface area (Å²) in [7, 11) is 0. The average Bonchev–Trinajstić information content (AvgIpc) is 2.02. The molecule has 0 aliphatic carbocycles. The highest BCUT2D eigenvalue weighted by molar-refractivity contribution is 9.10. The van der Waals surface area contributed by atoms with E-state index in [1.54, 1.807) is 0 Å². The quantitative estimate of drug-likeness (QED) is 0.760. The molecule has 0 saturated heterocycles. The predicted molar refractivity (Wildman–Crippen MR) is 50.7 cm³/mol. The third kappa shape index (κ3) is 1.61. The van der Waals surface area contributed by atoms with Crippen LogP contribution in [0.2, 0.25) is 0 Å². The van der Waals surface area contributed by atoms with E-state index in [0.717, 1.165) is 10.0 Å². The maximum Gasteiger partial charge on any atom is 0.129 e. The van der Waals surface area contributed by atoms with E-state index in [1.807, 2.05) is 6.07 Å². The zero-order chi connectivity index (χ0) is 9.42. The third-order valence-electron chi connectivity index (χ3n) is 2.11. The topological polar surface area (TPSA) is 35.2 Å². The van der Waals surface area contributed by atoms with Gasteiger partial charge in [-0.15, -0.1) is 0 Å². The van der Waals surface area contributed by atoms with E-state index in [9.17, 15) is 4.39 Å². The summed E-state index contributed by atoms with van der Waals surface area (Å²) in [6.07, 6.45) is 0. The number of nitrogens with two attached hydrogens (primary N) is 1. The molecule has 1 aliphatic rings. The second-order valence-electron chi connectivity index (χ2n) is 3.08. The van der Waals surface area contributed by atoms with Crippen molar-refractivity contribution in [2.45, 2.75) is 12.6 Å². The van der Waals surface area contributed by atoms with Crippen molar-refractivity contribution < 1.29 is 9.13 Å². The first-order chi connectivity index (χ1) is 6.18. The Morgan fingerprint density at radius 1 is 1.54 bits per heavy atom. The minimum absolute atomic E-state index is 0.250. The Kier molecular flexibility index (Phi) is 2.36. The van der Waals surface area contributed by atoms with Crippen LogP contribution in [-0.2, 0) is 11.3 Å². The lowest BCUT2D eigenvalue weighted by molar-refractivity contribution is 0.0906. The van der Waals surface area contributed by atoms with Gasteiger partial charge >= 0.3 is 0 Å². The van der Waals surface area contributed by atoms with E-state index in [-0.39, 0.29) is 11.9 Å². The van der Waals surface area contributed by atoms with Crippen LogP contribution in [0.15, 0.2) is 16.6 Å². The molecule has 0 saturated carbocycles. The van der Waals surface area contributed by atoms with Crippen molar-refractivity contribution in [2.75, 3.05) is 6.61 Å². The summed E-state index contributed by atoms with van der Waals surface area (Å²) < 4.78 is 19.3. The van der Waals surface area contributed by atoms with Gasteiger partial charge in [0.1, 0.15) is 5.82 Å². The lowest BCUT2D eigenvalue weighted by Crippen LogP contribution is -2.24. The van der Waals surface area contributed by atoms with Gasteiger partial charge in [-0.3, -0.25) is 0 Å². The largest absolute Gasteiger partial charge is 0.375 e. The van der Waals surface area contributed by atoms with Crippen LogP contribution in [0.3, 0.4) is 0 Å². The molecular formula is C9H9BrFNO. The van der Waals surface area contributed by atoms with E-state index in [1.165, 1.54) is 6.07 Å². The Labute approximate surface area is 84.0 Å². The SMILES string of the molecule is N[C@@H]1COCc2cc(Br)cc(F)c21. The molecule has 4 heteroatoms. The number of halogens is 2. The second kappa shape index (κ2) is 3.36. The highest BCUT2D eigenvalue weighted by atomic mass is 79.9. The van der Waals surface area contributed by atoms with Gasteiger partial charge in [0, 0.05) is 10.0 Å². The van der Waals surface area contributed by atoms with Crippen molar-refractivity contribution in [1.29, 1.82) is 0 Å². The van der Waals surface area contributed by atoms with E-state index >= 15 is 0 Å². The number of hydrogen-bond acceptors (Lipinski definition) is 2. The van der Waals surface area contributed by atoms with Gasteiger partial charge in [0.15, 0.2) is 0 Å². The van der Waals surface area contributed by atoms with Gasteiger partial charge < -0.3 is 10.5 Å². The first kappa shape index (κ1) is 9.12. The summed E-state index contributed by atoms with van der Waals surface area (Å²) in [6.45, 7) is 0.838. The van der Waals surface area contributed by atoms with Crippen LogP contribution in [0.1, 0.15) is 17.2 Å². The van der Waals surface area contributed by atoms with E-state index in [4.69, 9.17) is 10.5 Å². The summed E-state index contributed by atoms with van der Waals surface area (Å²) in [5.74, 6) is -0.250. The third-order valence-corrected chi connectivity index (χ3v) is 2.56. The summed E-state index contributed by atoms with van der Waals surface area (Å²) >= 11 is 3.22. The Hall–Kier alpha value is -0.450. The lowest BCUT2D eigenvalue weighted by atomic mass is 9.99. The van der Waals surface area contributed by atoms with Gasteiger partial charge in [0.2, 0.25) is 0 Å². The van der Waals surface area contributed by atoms with Crippen molar-refractivity contribution >= 4 is 15.9 Å². The molecule has 70 valence electrons. The first-order valence-corrected chi connectivity index (χ1v) is 4.79. The average molecular weight is 246 g/mol. The maximum absolute atomic E-state index is 13.4. The highest BCUT2D eigenvalue weighted by Crippen LogP contribution is 2.28. The van der Waals surface area contributed by atoms with Crippen LogP contribution in [0, 0.1) is 5.82 Å². The van der Waals surface area contributed by atoms with E-state index in [2.05, 4.69) is 15.9 Å². The molecule has 0 spiro atoms. The molecule has 2 nitrogen and oxygen atoms in total. The predicted octanol–water partition coefficient (Wildman–Crippen LogP) is 2.12. The van der Waals surface area contributed by atoms with Gasteiger partial charge in [0.05, 0.1) is 19.3 Å². The van der Waals surface area contributed by atoms with Crippen LogP contribution in [0.5, 0.6) is 0 Å². The summed E-state index contributed by atoms with van der Waals surface area (Å²) in [5, 5.41) is 0. The summed E-state index contributed by atoms with van der Waals surface area (Å²) in [6, 6.07) is 2.94. The molecule has 2 N–H and O–H groups in total. The molecule has 1 atom stereocenters. The van der Waals surface area contributed by atoms with Crippen molar-refractivity contribution in [3.8, 4) is 0 Å². The second-order valence-corrected chi connectivity index (χ2v) is 4.00. The zero-order valence-corrected chi connectivity index (χ0v) is 8.47. The number of ether oxygens (including phenoxy) is 1. The van der Waals surface area contributed by atoms with Crippen molar-refractivity contribution in [3.63, 3.8) is 0 Å². The van der Waals surface area contributed by atoms with Gasteiger partial charge in [0.25, 0.3) is 0 Å². The van der Waals surface area contributed by atoms with Crippen molar-refractivity contribution in [2.24, 2.45) is 5.73 Å². The van der Waals surface area contributed by atoms with E-state index < -0.39 is 0 Å². The first-order valence-electron chi connectivity index (χ1n) is 3.99. The van der Waals surface area contributed by atoms with E-state index in [0.29, 0.717) is 18.8 Å². The number of rotatable bonds is 0. The molecule has 1 heterocycles. The normalized spacial score (nSPS) is 21.3. The number of benzene rings is 1. The summed E-state index contributed by atoms with van der Waals surface area (Å²) in [5.41, 5.74) is 7.15. The summed E-state index contributed by atoms with van der Waals surface area (Å²) in [4.78, 5) is 0. The standard InChI is InChI=1S/C9H9BrFNO/c10-6-1-5-3-13-4-8(12)9(5)7(11)2-6/h1-2,8H,3-4,12H2/t8-/m1/s1. The molecular weight excluding hydrogens is 237 g/mol. The molecule has 1 aromatic carbocycles. The van der Waals surface area contributed by atoms with Crippen LogP contribution >= 0.6 is 15.9 Å². The Balaban J connectivity index is 2.56. The van der Waals surface area contributed by atoms with Crippen LogP contribution in [-0.4, -0.2) is 6.61 Å². The van der Waals surface area contributed by atoms with Crippen molar-refractivity contribution in [1.82, 2.24) is 0 Å². The van der Waals surface area contributed by atoms with Crippen LogP contribution < -0.4 is 5.73 Å².